The number of aromatic hydroxyl groups is 1. The summed E-state index contributed by atoms with van der Waals surface area (Å²) < 4.78 is 10.3. The summed E-state index contributed by atoms with van der Waals surface area (Å²) in [6.07, 6.45) is 5.93. The summed E-state index contributed by atoms with van der Waals surface area (Å²) in [6, 6.07) is 2.60. The number of fused-ring (bicyclic) bond motifs is 1. The molecule has 0 amide bonds. The first kappa shape index (κ1) is 14.1. The lowest BCUT2D eigenvalue weighted by molar-refractivity contribution is -0.110. The molecule has 1 aliphatic rings. The third kappa shape index (κ3) is 2.10. The Labute approximate surface area is 124 Å². The van der Waals surface area contributed by atoms with Gasteiger partial charge < -0.3 is 19.4 Å². The van der Waals surface area contributed by atoms with Crippen molar-refractivity contribution in [2.24, 2.45) is 0 Å². The molecular weight excluding hydrogens is 288 g/mol. The number of ketones is 1. The van der Waals surface area contributed by atoms with Crippen molar-refractivity contribution in [2.75, 3.05) is 7.11 Å². The van der Waals surface area contributed by atoms with Gasteiger partial charge in [-0.25, -0.2) is 0 Å². The molecule has 0 bridgehead atoms. The van der Waals surface area contributed by atoms with Gasteiger partial charge in [-0.3, -0.25) is 9.59 Å². The van der Waals surface area contributed by atoms with Crippen LogP contribution in [0.2, 0.25) is 0 Å². The molecule has 0 saturated carbocycles. The lowest BCUT2D eigenvalue weighted by Gasteiger charge is -2.21. The van der Waals surface area contributed by atoms with Gasteiger partial charge in [-0.15, -0.1) is 0 Å². The zero-order chi connectivity index (χ0) is 15.9. The van der Waals surface area contributed by atoms with E-state index in [1.165, 1.54) is 43.5 Å². The zero-order valence-corrected chi connectivity index (χ0v) is 11.6. The van der Waals surface area contributed by atoms with Gasteiger partial charge in [0.2, 0.25) is 0 Å². The molecule has 1 aromatic heterocycles. The lowest BCUT2D eigenvalue weighted by Crippen LogP contribution is -2.29. The van der Waals surface area contributed by atoms with Crippen molar-refractivity contribution in [3.05, 3.63) is 58.5 Å². The number of carbonyl (C=O) groups excluding carboxylic acids is 1. The van der Waals surface area contributed by atoms with Gasteiger partial charge in [-0.05, 0) is 30.4 Å². The molecule has 0 fully saturated rings. The Morgan fingerprint density at radius 1 is 1.18 bits per heavy atom. The molecule has 1 aliphatic carbocycles. The van der Waals surface area contributed by atoms with E-state index in [1.807, 2.05) is 0 Å². The van der Waals surface area contributed by atoms with Crippen LogP contribution in [0.5, 0.6) is 11.5 Å². The van der Waals surface area contributed by atoms with Crippen molar-refractivity contribution in [3.8, 4) is 11.5 Å². The van der Waals surface area contributed by atoms with Crippen LogP contribution in [0.25, 0.3) is 11.0 Å². The Morgan fingerprint density at radius 2 is 1.86 bits per heavy atom. The van der Waals surface area contributed by atoms with Gasteiger partial charge in [0.05, 0.1) is 18.1 Å². The molecule has 0 spiro atoms. The van der Waals surface area contributed by atoms with E-state index >= 15 is 0 Å². The highest BCUT2D eigenvalue weighted by molar-refractivity contribution is 6.00. The molecule has 6 nitrogen and oxygen atoms in total. The summed E-state index contributed by atoms with van der Waals surface area (Å²) in [5.74, 6) is -0.317. The van der Waals surface area contributed by atoms with Gasteiger partial charge in [-0.2, -0.15) is 0 Å². The fourth-order valence-corrected chi connectivity index (χ4v) is 2.29. The molecule has 3 rings (SSSR count). The first-order valence-corrected chi connectivity index (χ1v) is 6.42. The van der Waals surface area contributed by atoms with Crippen molar-refractivity contribution < 1.29 is 24.2 Å². The van der Waals surface area contributed by atoms with Crippen molar-refractivity contribution in [2.45, 2.75) is 5.60 Å². The topological polar surface area (TPSA) is 97.0 Å². The maximum absolute atomic E-state index is 12.6. The SMILES string of the molecule is COc1cc2c(=O)c(C3(O)C=CC(=O)C=C3)coc2cc1O. The van der Waals surface area contributed by atoms with Gasteiger partial charge in [-0.1, -0.05) is 0 Å². The summed E-state index contributed by atoms with van der Waals surface area (Å²) in [4.78, 5) is 23.8. The number of methoxy groups -OCH3 is 1. The van der Waals surface area contributed by atoms with Crippen LogP contribution >= 0.6 is 0 Å². The van der Waals surface area contributed by atoms with E-state index in [0.717, 1.165) is 6.26 Å². The van der Waals surface area contributed by atoms with Gasteiger partial charge in [0.1, 0.15) is 17.4 Å². The molecule has 22 heavy (non-hydrogen) atoms. The second kappa shape index (κ2) is 4.85. The van der Waals surface area contributed by atoms with E-state index in [2.05, 4.69) is 0 Å². The summed E-state index contributed by atoms with van der Waals surface area (Å²) in [6.45, 7) is 0. The fourth-order valence-electron chi connectivity index (χ4n) is 2.29. The highest BCUT2D eigenvalue weighted by atomic mass is 16.5. The number of hydrogen-bond acceptors (Lipinski definition) is 6. The van der Waals surface area contributed by atoms with Crippen LogP contribution in [-0.2, 0) is 10.4 Å². The minimum absolute atomic E-state index is 0.0345. The Bertz CT molecular complexity index is 871. The van der Waals surface area contributed by atoms with Crippen LogP contribution in [0.3, 0.4) is 0 Å². The Hall–Kier alpha value is -2.86. The first-order chi connectivity index (χ1) is 10.4. The van der Waals surface area contributed by atoms with Crippen molar-refractivity contribution in [1.82, 2.24) is 0 Å². The van der Waals surface area contributed by atoms with Crippen LogP contribution in [-0.4, -0.2) is 23.1 Å². The number of carbonyl (C=O) groups is 1. The molecule has 6 heteroatoms. The molecule has 2 N–H and O–H groups in total. The number of hydrogen-bond donors (Lipinski definition) is 2. The molecule has 2 aromatic rings. The second-order valence-corrected chi connectivity index (χ2v) is 4.89. The fraction of sp³-hybridized carbons (Fsp3) is 0.125. The van der Waals surface area contributed by atoms with Gasteiger partial charge in [0.25, 0.3) is 0 Å². The standard InChI is InChI=1S/C16H12O6/c1-21-14-6-10-13(7-12(14)18)22-8-11(15(10)19)16(20)4-2-9(17)3-5-16/h2-8,18,20H,1H3. The second-order valence-electron chi connectivity index (χ2n) is 4.89. The number of benzene rings is 1. The summed E-state index contributed by atoms with van der Waals surface area (Å²) in [5.41, 5.74) is -2.07. The van der Waals surface area contributed by atoms with E-state index in [-0.39, 0.29) is 33.8 Å². The molecule has 0 unspecified atom stereocenters. The van der Waals surface area contributed by atoms with E-state index in [4.69, 9.17) is 9.15 Å². The molecule has 0 atom stereocenters. The highest BCUT2D eigenvalue weighted by Crippen LogP contribution is 2.32. The minimum atomic E-state index is -1.71. The molecule has 0 aliphatic heterocycles. The third-order valence-electron chi connectivity index (χ3n) is 3.51. The average Bonchev–Trinajstić information content (AvgIpc) is 2.50. The van der Waals surface area contributed by atoms with Crippen molar-refractivity contribution >= 4 is 16.8 Å². The predicted molar refractivity (Wildman–Crippen MR) is 77.9 cm³/mol. The van der Waals surface area contributed by atoms with Crippen LogP contribution in [0, 0.1) is 0 Å². The predicted octanol–water partition coefficient (Wildman–Crippen LogP) is 1.39. The van der Waals surface area contributed by atoms with Crippen LogP contribution < -0.4 is 10.2 Å². The summed E-state index contributed by atoms with van der Waals surface area (Å²) in [7, 11) is 1.36. The monoisotopic (exact) mass is 300 g/mol. The lowest BCUT2D eigenvalue weighted by atomic mass is 9.90. The third-order valence-corrected chi connectivity index (χ3v) is 3.51. The van der Waals surface area contributed by atoms with Crippen LogP contribution in [0.1, 0.15) is 5.56 Å². The van der Waals surface area contributed by atoms with Gasteiger partial charge in [0.15, 0.2) is 22.7 Å². The number of phenols is 1. The Balaban J connectivity index is 2.25. The van der Waals surface area contributed by atoms with Crippen LogP contribution in [0.15, 0.2) is 51.9 Å². The zero-order valence-electron chi connectivity index (χ0n) is 11.6. The summed E-state index contributed by atoms with van der Waals surface area (Å²) >= 11 is 0. The van der Waals surface area contributed by atoms with Gasteiger partial charge in [0, 0.05) is 6.07 Å². The average molecular weight is 300 g/mol. The molecule has 112 valence electrons. The number of phenolic OH excluding ortho intramolecular Hbond substituents is 1. The molecule has 1 heterocycles. The minimum Gasteiger partial charge on any atom is -0.504 e. The van der Waals surface area contributed by atoms with E-state index in [0.29, 0.717) is 0 Å². The van der Waals surface area contributed by atoms with Crippen molar-refractivity contribution in [3.63, 3.8) is 0 Å². The number of ether oxygens (including phenoxy) is 1. The quantitative estimate of drug-likeness (QED) is 0.870. The Kier molecular flexibility index (Phi) is 3.11. The van der Waals surface area contributed by atoms with Crippen molar-refractivity contribution in [1.29, 1.82) is 0 Å². The molecule has 0 saturated heterocycles. The smallest absolute Gasteiger partial charge is 0.199 e. The maximum atomic E-state index is 12.6. The normalized spacial score (nSPS) is 16.2. The number of rotatable bonds is 2. The van der Waals surface area contributed by atoms with Crippen LogP contribution in [0.4, 0.5) is 0 Å². The molecule has 1 aromatic carbocycles. The van der Waals surface area contributed by atoms with E-state index < -0.39 is 11.0 Å². The maximum Gasteiger partial charge on any atom is 0.199 e. The van der Waals surface area contributed by atoms with E-state index in [1.54, 1.807) is 0 Å². The Morgan fingerprint density at radius 3 is 2.50 bits per heavy atom. The summed E-state index contributed by atoms with van der Waals surface area (Å²) in [5, 5.41) is 20.4. The highest BCUT2D eigenvalue weighted by Gasteiger charge is 2.30. The number of aliphatic hydroxyl groups is 1. The largest absolute Gasteiger partial charge is 0.504 e. The molecule has 0 radical (unpaired) electrons. The van der Waals surface area contributed by atoms with Gasteiger partial charge >= 0.3 is 0 Å². The first-order valence-electron chi connectivity index (χ1n) is 6.42. The number of allylic oxidation sites excluding steroid dienone is 2. The van der Waals surface area contributed by atoms with E-state index in [9.17, 15) is 19.8 Å². The molecular formula is C16H12O6.